The smallest absolute Gasteiger partial charge is 0.269 e. The lowest BCUT2D eigenvalue weighted by molar-refractivity contribution is 0.461. The number of sulfone groups is 1. The highest BCUT2D eigenvalue weighted by atomic mass is 35.5. The molecule has 0 N–H and O–H groups in total. The van der Waals surface area contributed by atoms with Gasteiger partial charge < -0.3 is 4.74 Å². The zero-order chi connectivity index (χ0) is 24.5. The Bertz CT molecular complexity index is 1650. The van der Waals surface area contributed by atoms with Crippen molar-refractivity contribution < 1.29 is 13.2 Å². The molecule has 0 saturated carbocycles. The van der Waals surface area contributed by atoms with Gasteiger partial charge in [-0.05, 0) is 55.8 Å². The maximum absolute atomic E-state index is 13.4. The molecule has 4 rings (SSSR count). The quantitative estimate of drug-likeness (QED) is 0.360. The van der Waals surface area contributed by atoms with E-state index in [0.29, 0.717) is 11.2 Å². The number of hydrogen-bond donors (Lipinski definition) is 0. The van der Waals surface area contributed by atoms with Crippen LogP contribution in [0.15, 0.2) is 81.5 Å². The lowest BCUT2D eigenvalue weighted by Crippen LogP contribution is -2.20. The minimum absolute atomic E-state index is 0.0656. The highest BCUT2D eigenvalue weighted by Gasteiger charge is 2.24. The van der Waals surface area contributed by atoms with Gasteiger partial charge in [0.25, 0.3) is 5.56 Å². The van der Waals surface area contributed by atoms with Crippen LogP contribution in [0.1, 0.15) is 16.7 Å². The van der Waals surface area contributed by atoms with E-state index in [4.69, 9.17) is 16.3 Å². The molecule has 0 aliphatic carbocycles. The summed E-state index contributed by atoms with van der Waals surface area (Å²) in [5.41, 5.74) is 1.10. The van der Waals surface area contributed by atoms with E-state index in [1.807, 2.05) is 6.92 Å². The van der Waals surface area contributed by atoms with Gasteiger partial charge in [0.2, 0.25) is 15.7 Å². The number of aromatic nitrogens is 2. The molecule has 170 valence electrons. The average Bonchev–Trinajstić information content (AvgIpc) is 2.81. The Morgan fingerprint density at radius 2 is 1.79 bits per heavy atom. The minimum Gasteiger partial charge on any atom is -0.437 e. The third kappa shape index (κ3) is 4.31. The Balaban J connectivity index is 1.98. The normalized spacial score (nSPS) is 11.9. The molecule has 34 heavy (non-hydrogen) atoms. The van der Waals surface area contributed by atoms with E-state index in [0.717, 1.165) is 11.6 Å². The molecule has 2 aromatic heterocycles. The molecule has 0 unspecified atom stereocenters. The summed E-state index contributed by atoms with van der Waals surface area (Å²) in [6, 6.07) is 17.8. The monoisotopic (exact) mass is 491 g/mol. The summed E-state index contributed by atoms with van der Waals surface area (Å²) in [7, 11) is -4.20. The van der Waals surface area contributed by atoms with Gasteiger partial charge in [0.15, 0.2) is 0 Å². The summed E-state index contributed by atoms with van der Waals surface area (Å²) in [5, 5.41) is 10.00. The summed E-state index contributed by atoms with van der Waals surface area (Å²) in [6.07, 6.45) is 2.50. The molecule has 0 bridgehead atoms. The minimum atomic E-state index is -4.20. The van der Waals surface area contributed by atoms with Crippen molar-refractivity contribution in [2.75, 3.05) is 0 Å². The summed E-state index contributed by atoms with van der Waals surface area (Å²) in [4.78, 5) is 17.2. The van der Waals surface area contributed by atoms with Crippen LogP contribution in [0, 0.1) is 25.2 Å². The number of nitrogens with zero attached hydrogens (tertiary/aromatic N) is 3. The van der Waals surface area contributed by atoms with Crippen LogP contribution in [-0.2, 0) is 9.84 Å². The van der Waals surface area contributed by atoms with Crippen molar-refractivity contribution in [3.63, 3.8) is 0 Å². The van der Waals surface area contributed by atoms with Crippen LogP contribution in [0.4, 0.5) is 0 Å². The molecular weight excluding hydrogens is 474 g/mol. The SMILES string of the molecule is Cc1ccc(S(=O)(=O)C(C#N)=Cc2c(Oc3ccccc3Cl)nc3c(C)cccn3c2=O)cc1. The molecule has 2 heterocycles. The molecule has 2 aromatic carbocycles. The second kappa shape index (κ2) is 9.14. The number of benzene rings is 2. The Hall–Kier alpha value is -3.93. The van der Waals surface area contributed by atoms with Crippen molar-refractivity contribution in [2.45, 2.75) is 18.7 Å². The van der Waals surface area contributed by atoms with Gasteiger partial charge in [0, 0.05) is 6.20 Å². The zero-order valence-electron chi connectivity index (χ0n) is 18.2. The van der Waals surface area contributed by atoms with Crippen LogP contribution < -0.4 is 10.3 Å². The first-order valence-corrected chi connectivity index (χ1v) is 12.0. The molecule has 0 radical (unpaired) electrons. The van der Waals surface area contributed by atoms with Gasteiger partial charge >= 0.3 is 0 Å². The first-order valence-electron chi connectivity index (χ1n) is 10.1. The van der Waals surface area contributed by atoms with Crippen LogP contribution in [0.5, 0.6) is 11.6 Å². The summed E-state index contributed by atoms with van der Waals surface area (Å²) in [5.74, 6) is 0.0582. The number of hydrogen-bond acceptors (Lipinski definition) is 6. The molecule has 0 aliphatic rings. The van der Waals surface area contributed by atoms with Crippen LogP contribution in [0.2, 0.25) is 5.02 Å². The Kier molecular flexibility index (Phi) is 6.24. The van der Waals surface area contributed by atoms with Gasteiger partial charge in [-0.25, -0.2) is 8.42 Å². The standard InChI is InChI=1S/C25H18ClN3O4S/c1-16-9-11-18(12-10-16)34(31,32)19(15-27)14-20-24(33-22-8-4-3-7-21(22)26)28-23-17(2)6-5-13-29(23)25(20)30/h3-14H,1-2H3. The Morgan fingerprint density at radius 1 is 1.09 bits per heavy atom. The first-order chi connectivity index (χ1) is 16.2. The van der Waals surface area contributed by atoms with Gasteiger partial charge in [0.05, 0.1) is 9.92 Å². The molecule has 9 heteroatoms. The highest BCUT2D eigenvalue weighted by molar-refractivity contribution is 7.95. The number of ether oxygens (including phenoxy) is 1. The first kappa shape index (κ1) is 23.2. The van der Waals surface area contributed by atoms with Crippen molar-refractivity contribution in [2.24, 2.45) is 0 Å². The van der Waals surface area contributed by atoms with Crippen molar-refractivity contribution >= 4 is 33.2 Å². The third-order valence-corrected chi connectivity index (χ3v) is 7.09. The number of pyridine rings is 1. The number of nitriles is 1. The van der Waals surface area contributed by atoms with Gasteiger partial charge in [-0.1, -0.05) is 47.5 Å². The maximum Gasteiger partial charge on any atom is 0.269 e. The van der Waals surface area contributed by atoms with Gasteiger partial charge in [-0.2, -0.15) is 10.2 Å². The van der Waals surface area contributed by atoms with Crippen molar-refractivity contribution in [1.29, 1.82) is 5.26 Å². The fourth-order valence-electron chi connectivity index (χ4n) is 3.27. The molecule has 0 amide bonds. The van der Waals surface area contributed by atoms with Crippen LogP contribution >= 0.6 is 11.6 Å². The van der Waals surface area contributed by atoms with E-state index in [-0.39, 0.29) is 27.1 Å². The van der Waals surface area contributed by atoms with E-state index in [9.17, 15) is 18.5 Å². The maximum atomic E-state index is 13.4. The van der Waals surface area contributed by atoms with Crippen LogP contribution in [-0.4, -0.2) is 17.8 Å². The van der Waals surface area contributed by atoms with E-state index < -0.39 is 20.3 Å². The zero-order valence-corrected chi connectivity index (χ0v) is 19.8. The second-order valence-corrected chi connectivity index (χ2v) is 9.82. The number of halogens is 1. The van der Waals surface area contributed by atoms with Crippen LogP contribution in [0.3, 0.4) is 0 Å². The molecule has 0 aliphatic heterocycles. The molecular formula is C25H18ClN3O4S. The largest absolute Gasteiger partial charge is 0.437 e. The number of rotatable bonds is 5. The summed E-state index contributed by atoms with van der Waals surface area (Å²) in [6.45, 7) is 3.60. The molecule has 0 spiro atoms. The van der Waals surface area contributed by atoms with Crippen molar-refractivity contribution in [1.82, 2.24) is 9.38 Å². The number of aryl methyl sites for hydroxylation is 2. The van der Waals surface area contributed by atoms with Gasteiger partial charge in [-0.3, -0.25) is 9.20 Å². The lowest BCUT2D eigenvalue weighted by atomic mass is 10.2. The Labute approximate surface area is 201 Å². The molecule has 0 atom stereocenters. The predicted octanol–water partition coefficient (Wildman–Crippen LogP) is 5.10. The summed E-state index contributed by atoms with van der Waals surface area (Å²) >= 11 is 6.21. The number of para-hydroxylation sites is 1. The average molecular weight is 492 g/mol. The number of fused-ring (bicyclic) bond motifs is 1. The summed E-state index contributed by atoms with van der Waals surface area (Å²) < 4.78 is 33.4. The second-order valence-electron chi connectivity index (χ2n) is 7.49. The van der Waals surface area contributed by atoms with Gasteiger partial charge in [0.1, 0.15) is 27.9 Å². The third-order valence-electron chi connectivity index (χ3n) is 5.10. The lowest BCUT2D eigenvalue weighted by Gasteiger charge is -2.12. The van der Waals surface area contributed by atoms with E-state index in [1.54, 1.807) is 61.5 Å². The number of allylic oxidation sites excluding steroid dienone is 1. The van der Waals surface area contributed by atoms with E-state index >= 15 is 0 Å². The van der Waals surface area contributed by atoms with Crippen LogP contribution in [0.25, 0.3) is 11.7 Å². The van der Waals surface area contributed by atoms with Crippen molar-refractivity contribution in [3.05, 3.63) is 104 Å². The molecule has 7 nitrogen and oxygen atoms in total. The van der Waals surface area contributed by atoms with E-state index in [2.05, 4.69) is 4.98 Å². The van der Waals surface area contributed by atoms with Crippen molar-refractivity contribution in [3.8, 4) is 17.7 Å². The fraction of sp³-hybridized carbons (Fsp3) is 0.0800. The molecule has 0 fully saturated rings. The fourth-order valence-corrected chi connectivity index (χ4v) is 4.59. The topological polar surface area (TPSA) is 102 Å². The molecule has 4 aromatic rings. The molecule has 0 saturated heterocycles. The van der Waals surface area contributed by atoms with E-state index in [1.165, 1.54) is 22.7 Å². The Morgan fingerprint density at radius 3 is 2.47 bits per heavy atom. The predicted molar refractivity (Wildman–Crippen MR) is 130 cm³/mol. The van der Waals surface area contributed by atoms with Gasteiger partial charge in [-0.15, -0.1) is 0 Å². The highest BCUT2D eigenvalue weighted by Crippen LogP contribution is 2.31.